The van der Waals surface area contributed by atoms with Gasteiger partial charge in [0.15, 0.2) is 0 Å². The highest BCUT2D eigenvalue weighted by Gasteiger charge is 2.40. The molecule has 0 heterocycles. The second-order valence-corrected chi connectivity index (χ2v) is 3.52. The molecule has 0 spiro atoms. The van der Waals surface area contributed by atoms with Crippen LogP contribution in [-0.4, -0.2) is 22.4 Å². The Kier molecular flexibility index (Phi) is 3.33. The zero-order valence-electron chi connectivity index (χ0n) is 8.75. The molecule has 0 aromatic heterocycles. The topological polar surface area (TPSA) is 83.5 Å². The van der Waals surface area contributed by atoms with E-state index in [1.807, 2.05) is 0 Å². The maximum Gasteiger partial charge on any atom is 0.407 e. The average molecular weight is 249 g/mol. The highest BCUT2D eigenvalue weighted by atomic mass is 19.4. The van der Waals surface area contributed by atoms with Crippen LogP contribution in [0.5, 0.6) is 5.75 Å². The van der Waals surface area contributed by atoms with Gasteiger partial charge in [-0.25, -0.2) is 4.79 Å². The summed E-state index contributed by atoms with van der Waals surface area (Å²) in [6, 6.07) is -0.217. The number of carboxylic acid groups (broad SMARTS) is 1. The van der Waals surface area contributed by atoms with E-state index in [0.29, 0.717) is 0 Å². The van der Waals surface area contributed by atoms with E-state index in [4.69, 9.17) is 10.8 Å². The Hall–Kier alpha value is -1.76. The molecule has 0 saturated heterocycles. The molecule has 1 atom stereocenters. The summed E-state index contributed by atoms with van der Waals surface area (Å²) in [6.07, 6.45) is -4.75. The van der Waals surface area contributed by atoms with Crippen LogP contribution in [0.4, 0.5) is 13.2 Å². The molecule has 4 nitrogen and oxygen atoms in total. The third kappa shape index (κ3) is 2.50. The Labute approximate surface area is 94.5 Å². The van der Waals surface area contributed by atoms with E-state index in [-0.39, 0.29) is 5.56 Å². The number of aromatic carboxylic acids is 1. The van der Waals surface area contributed by atoms with Gasteiger partial charge in [0.2, 0.25) is 0 Å². The monoisotopic (exact) mass is 249 g/mol. The summed E-state index contributed by atoms with van der Waals surface area (Å²) in [4.78, 5) is 10.7. The lowest BCUT2D eigenvalue weighted by Crippen LogP contribution is -2.29. The number of carbonyl (C=O) groups is 1. The first kappa shape index (κ1) is 13.3. The van der Waals surface area contributed by atoms with E-state index in [2.05, 4.69) is 0 Å². The first-order valence-corrected chi connectivity index (χ1v) is 4.54. The summed E-state index contributed by atoms with van der Waals surface area (Å²) in [5.74, 6) is -2.46. The number of hydrogen-bond acceptors (Lipinski definition) is 3. The number of aromatic hydroxyl groups is 1. The van der Waals surface area contributed by atoms with Crippen molar-refractivity contribution in [3.63, 3.8) is 0 Å². The Morgan fingerprint density at radius 1 is 1.41 bits per heavy atom. The summed E-state index contributed by atoms with van der Waals surface area (Å²) in [5.41, 5.74) is 3.83. The second-order valence-electron chi connectivity index (χ2n) is 3.52. The van der Waals surface area contributed by atoms with Crippen LogP contribution in [0.25, 0.3) is 0 Å². The molecule has 0 amide bonds. The van der Waals surface area contributed by atoms with Crippen LogP contribution in [0, 0.1) is 6.92 Å². The molecular weight excluding hydrogens is 239 g/mol. The lowest BCUT2D eigenvalue weighted by molar-refractivity contribution is -0.149. The molecule has 0 aliphatic carbocycles. The average Bonchev–Trinajstić information content (AvgIpc) is 2.15. The Morgan fingerprint density at radius 2 is 1.94 bits per heavy atom. The zero-order chi connectivity index (χ0) is 13.4. The van der Waals surface area contributed by atoms with Gasteiger partial charge in [0.25, 0.3) is 0 Å². The van der Waals surface area contributed by atoms with E-state index >= 15 is 0 Å². The molecule has 0 saturated carbocycles. The minimum atomic E-state index is -4.75. The zero-order valence-corrected chi connectivity index (χ0v) is 8.75. The number of alkyl halides is 3. The van der Waals surface area contributed by atoms with Crippen LogP contribution in [0.15, 0.2) is 12.1 Å². The van der Waals surface area contributed by atoms with Crippen LogP contribution in [0.3, 0.4) is 0 Å². The van der Waals surface area contributed by atoms with E-state index in [9.17, 15) is 23.1 Å². The number of halogens is 3. The van der Waals surface area contributed by atoms with Gasteiger partial charge in [-0.05, 0) is 18.6 Å². The van der Waals surface area contributed by atoms with Crippen molar-refractivity contribution in [2.24, 2.45) is 5.73 Å². The molecule has 1 rings (SSSR count). The molecule has 7 heteroatoms. The van der Waals surface area contributed by atoms with Gasteiger partial charge in [-0.3, -0.25) is 0 Å². The fraction of sp³-hybridized carbons (Fsp3) is 0.300. The van der Waals surface area contributed by atoms with E-state index in [1.54, 1.807) is 0 Å². The number of phenols is 1. The van der Waals surface area contributed by atoms with Crippen LogP contribution in [0.2, 0.25) is 0 Å². The molecule has 1 aromatic carbocycles. The van der Waals surface area contributed by atoms with Crippen molar-refractivity contribution >= 4 is 5.97 Å². The second kappa shape index (κ2) is 4.25. The first-order chi connectivity index (χ1) is 7.66. The molecule has 0 aliphatic rings. The van der Waals surface area contributed by atoms with Crippen LogP contribution >= 0.6 is 0 Å². The smallest absolute Gasteiger partial charge is 0.407 e. The van der Waals surface area contributed by atoms with Crippen LogP contribution < -0.4 is 5.73 Å². The number of carboxylic acids is 1. The van der Waals surface area contributed by atoms with Crippen molar-refractivity contribution in [2.45, 2.75) is 19.1 Å². The highest BCUT2D eigenvalue weighted by Crippen LogP contribution is 2.38. The summed E-state index contributed by atoms with van der Waals surface area (Å²) >= 11 is 0. The SMILES string of the molecule is Cc1ccc(C(=O)O)c(O)c1[C@H](N)C(F)(F)F. The van der Waals surface area contributed by atoms with Gasteiger partial charge in [0, 0.05) is 5.56 Å². The number of hydrogen-bond donors (Lipinski definition) is 3. The van der Waals surface area contributed by atoms with Crippen molar-refractivity contribution in [1.29, 1.82) is 0 Å². The Bertz CT molecular complexity index is 457. The minimum Gasteiger partial charge on any atom is -0.507 e. The summed E-state index contributed by atoms with van der Waals surface area (Å²) < 4.78 is 37.3. The van der Waals surface area contributed by atoms with Crippen molar-refractivity contribution in [2.75, 3.05) is 0 Å². The van der Waals surface area contributed by atoms with Gasteiger partial charge in [-0.2, -0.15) is 13.2 Å². The predicted molar refractivity (Wildman–Crippen MR) is 52.8 cm³/mol. The first-order valence-electron chi connectivity index (χ1n) is 4.54. The van der Waals surface area contributed by atoms with Gasteiger partial charge in [-0.15, -0.1) is 0 Å². The van der Waals surface area contributed by atoms with Gasteiger partial charge < -0.3 is 15.9 Å². The molecule has 0 bridgehead atoms. The lowest BCUT2D eigenvalue weighted by Gasteiger charge is -2.20. The molecule has 1 aromatic rings. The quantitative estimate of drug-likeness (QED) is 0.748. The standard InChI is InChI=1S/C10H10F3NO3/c1-4-2-3-5(9(16)17)7(15)6(4)8(14)10(11,12)13/h2-3,8,15H,14H2,1H3,(H,16,17)/t8-/m0/s1. The largest absolute Gasteiger partial charge is 0.507 e. The maximum atomic E-state index is 12.4. The Balaban J connectivity index is 3.42. The van der Waals surface area contributed by atoms with E-state index in [1.165, 1.54) is 13.0 Å². The molecule has 4 N–H and O–H groups in total. The fourth-order valence-electron chi connectivity index (χ4n) is 1.44. The van der Waals surface area contributed by atoms with Gasteiger partial charge in [0.1, 0.15) is 17.4 Å². The van der Waals surface area contributed by atoms with Gasteiger partial charge in [0.05, 0.1) is 0 Å². The predicted octanol–water partition coefficient (Wildman–Crippen LogP) is 1.96. The van der Waals surface area contributed by atoms with Crippen LogP contribution in [0.1, 0.15) is 27.5 Å². The highest BCUT2D eigenvalue weighted by molar-refractivity contribution is 5.91. The maximum absolute atomic E-state index is 12.4. The lowest BCUT2D eigenvalue weighted by atomic mass is 9.97. The molecule has 94 valence electrons. The molecule has 0 unspecified atom stereocenters. The van der Waals surface area contributed by atoms with Crippen LogP contribution in [-0.2, 0) is 0 Å². The number of benzene rings is 1. The summed E-state index contributed by atoms with van der Waals surface area (Å²) in [7, 11) is 0. The molecular formula is C10H10F3NO3. The third-order valence-corrected chi connectivity index (χ3v) is 2.33. The van der Waals surface area contributed by atoms with Crippen molar-refractivity contribution in [3.8, 4) is 5.75 Å². The summed E-state index contributed by atoms with van der Waals surface area (Å²) in [6.45, 7) is 1.31. The number of rotatable bonds is 2. The third-order valence-electron chi connectivity index (χ3n) is 2.33. The van der Waals surface area contributed by atoms with Crippen molar-refractivity contribution in [1.82, 2.24) is 0 Å². The van der Waals surface area contributed by atoms with E-state index < -0.39 is 35.1 Å². The fourth-order valence-corrected chi connectivity index (χ4v) is 1.44. The van der Waals surface area contributed by atoms with Crippen molar-refractivity contribution < 1.29 is 28.2 Å². The normalized spacial score (nSPS) is 13.5. The number of nitrogens with two attached hydrogens (primary N) is 1. The van der Waals surface area contributed by atoms with Crippen molar-refractivity contribution in [3.05, 3.63) is 28.8 Å². The van der Waals surface area contributed by atoms with E-state index in [0.717, 1.165) is 6.07 Å². The molecule has 0 aliphatic heterocycles. The molecule has 0 radical (unpaired) electrons. The minimum absolute atomic E-state index is 0.0809. The summed E-state index contributed by atoms with van der Waals surface area (Å²) in [5, 5.41) is 18.2. The van der Waals surface area contributed by atoms with Gasteiger partial charge in [-0.1, -0.05) is 6.07 Å². The number of aryl methyl sites for hydroxylation is 1. The molecule has 17 heavy (non-hydrogen) atoms. The van der Waals surface area contributed by atoms with Gasteiger partial charge >= 0.3 is 12.1 Å². The Morgan fingerprint density at radius 3 is 2.35 bits per heavy atom. The molecule has 0 fully saturated rings.